The molecule has 1 aliphatic heterocycles. The Labute approximate surface area is 160 Å². The highest BCUT2D eigenvalue weighted by molar-refractivity contribution is 7.07. The van der Waals surface area contributed by atoms with Crippen molar-refractivity contribution in [2.24, 2.45) is 7.05 Å². The molecule has 3 aromatic rings. The fourth-order valence-corrected chi connectivity index (χ4v) is 3.93. The van der Waals surface area contributed by atoms with Gasteiger partial charge in [-0.05, 0) is 47.4 Å². The van der Waals surface area contributed by atoms with Crippen molar-refractivity contribution in [1.29, 1.82) is 0 Å². The van der Waals surface area contributed by atoms with Gasteiger partial charge in [-0.15, -0.1) is 0 Å². The molecule has 2 amide bonds. The Morgan fingerprint density at radius 2 is 2.30 bits per heavy atom. The minimum atomic E-state index is -0.425. The molecule has 1 saturated heterocycles. The zero-order valence-corrected chi connectivity index (χ0v) is 15.8. The topological polar surface area (TPSA) is 76.7 Å². The number of aryl methyl sites for hydroxylation is 1. The van der Waals surface area contributed by atoms with Crippen molar-refractivity contribution < 1.29 is 13.9 Å². The quantitative estimate of drug-likeness (QED) is 0.728. The minimum absolute atomic E-state index is 0.0732. The SMILES string of the molecule is Cn1c(=O)oc2cc(NC(=O)N(Cc3ccsc3)C[C@@H]3CCCO3)ccc21. The third-order valence-electron chi connectivity index (χ3n) is 4.73. The minimum Gasteiger partial charge on any atom is -0.408 e. The summed E-state index contributed by atoms with van der Waals surface area (Å²) < 4.78 is 12.3. The smallest absolute Gasteiger partial charge is 0.408 e. The monoisotopic (exact) mass is 387 g/mol. The first-order valence-electron chi connectivity index (χ1n) is 8.88. The first-order valence-corrected chi connectivity index (χ1v) is 9.82. The van der Waals surface area contributed by atoms with Gasteiger partial charge < -0.3 is 19.4 Å². The molecule has 1 aliphatic rings. The molecule has 142 valence electrons. The van der Waals surface area contributed by atoms with Crippen LogP contribution in [0.5, 0.6) is 0 Å². The number of fused-ring (bicyclic) bond motifs is 1. The number of hydrogen-bond acceptors (Lipinski definition) is 5. The largest absolute Gasteiger partial charge is 0.419 e. The van der Waals surface area contributed by atoms with E-state index in [0.29, 0.717) is 29.9 Å². The third-order valence-corrected chi connectivity index (χ3v) is 5.46. The maximum atomic E-state index is 12.9. The Balaban J connectivity index is 1.52. The molecule has 0 spiro atoms. The summed E-state index contributed by atoms with van der Waals surface area (Å²) in [5.41, 5.74) is 2.82. The van der Waals surface area contributed by atoms with Crippen molar-refractivity contribution in [1.82, 2.24) is 9.47 Å². The molecule has 2 aromatic heterocycles. The van der Waals surface area contributed by atoms with Crippen LogP contribution in [0.15, 0.2) is 44.2 Å². The van der Waals surface area contributed by atoms with Crippen molar-refractivity contribution in [3.8, 4) is 0 Å². The van der Waals surface area contributed by atoms with Crippen LogP contribution in [0.3, 0.4) is 0 Å². The molecule has 3 heterocycles. The van der Waals surface area contributed by atoms with E-state index in [4.69, 9.17) is 9.15 Å². The highest BCUT2D eigenvalue weighted by Crippen LogP contribution is 2.20. The average molecular weight is 387 g/mol. The lowest BCUT2D eigenvalue weighted by Crippen LogP contribution is -2.39. The van der Waals surface area contributed by atoms with E-state index in [1.54, 1.807) is 41.5 Å². The summed E-state index contributed by atoms with van der Waals surface area (Å²) in [6, 6.07) is 7.02. The van der Waals surface area contributed by atoms with Crippen LogP contribution in [0.25, 0.3) is 11.1 Å². The fourth-order valence-electron chi connectivity index (χ4n) is 3.27. The number of carbonyl (C=O) groups is 1. The van der Waals surface area contributed by atoms with Crippen LogP contribution in [0, 0.1) is 0 Å². The lowest BCUT2D eigenvalue weighted by molar-refractivity contribution is 0.0819. The van der Waals surface area contributed by atoms with E-state index in [-0.39, 0.29) is 12.1 Å². The number of rotatable bonds is 5. The molecule has 0 saturated carbocycles. The molecule has 1 aromatic carbocycles. The second kappa shape index (κ2) is 7.58. The molecule has 1 N–H and O–H groups in total. The van der Waals surface area contributed by atoms with Crippen LogP contribution in [0.4, 0.5) is 10.5 Å². The number of amides is 2. The van der Waals surface area contributed by atoms with Gasteiger partial charge in [0.05, 0.1) is 11.6 Å². The molecule has 0 bridgehead atoms. The summed E-state index contributed by atoms with van der Waals surface area (Å²) in [7, 11) is 1.65. The lowest BCUT2D eigenvalue weighted by Gasteiger charge is -2.25. The molecular formula is C19H21N3O4S. The number of carbonyl (C=O) groups excluding carboxylic acids is 1. The number of urea groups is 1. The molecule has 0 unspecified atom stereocenters. The summed E-state index contributed by atoms with van der Waals surface area (Å²) in [5.74, 6) is -0.425. The van der Waals surface area contributed by atoms with Crippen molar-refractivity contribution in [3.63, 3.8) is 0 Å². The van der Waals surface area contributed by atoms with E-state index < -0.39 is 5.76 Å². The van der Waals surface area contributed by atoms with Gasteiger partial charge in [0.1, 0.15) is 0 Å². The third kappa shape index (κ3) is 3.91. The normalized spacial score (nSPS) is 16.7. The van der Waals surface area contributed by atoms with E-state index in [1.807, 2.05) is 16.8 Å². The Morgan fingerprint density at radius 1 is 1.41 bits per heavy atom. The van der Waals surface area contributed by atoms with E-state index in [1.165, 1.54) is 4.57 Å². The van der Waals surface area contributed by atoms with Crippen molar-refractivity contribution in [2.45, 2.75) is 25.5 Å². The molecule has 7 nitrogen and oxygen atoms in total. The van der Waals surface area contributed by atoms with Gasteiger partial charge >= 0.3 is 11.8 Å². The number of oxazole rings is 1. The highest BCUT2D eigenvalue weighted by Gasteiger charge is 2.23. The summed E-state index contributed by atoms with van der Waals surface area (Å²) in [5, 5.41) is 6.96. The molecule has 8 heteroatoms. The van der Waals surface area contributed by atoms with Gasteiger partial charge in [0.15, 0.2) is 5.58 Å². The van der Waals surface area contributed by atoms with Crippen LogP contribution in [0.2, 0.25) is 0 Å². The number of aromatic nitrogens is 1. The Kier molecular flexibility index (Phi) is 5.00. The molecular weight excluding hydrogens is 366 g/mol. The van der Waals surface area contributed by atoms with Crippen molar-refractivity contribution in [3.05, 3.63) is 51.1 Å². The Bertz CT molecular complexity index is 986. The van der Waals surface area contributed by atoms with Crippen molar-refractivity contribution in [2.75, 3.05) is 18.5 Å². The molecule has 27 heavy (non-hydrogen) atoms. The molecule has 1 atom stereocenters. The van der Waals surface area contributed by atoms with Crippen LogP contribution in [0.1, 0.15) is 18.4 Å². The van der Waals surface area contributed by atoms with Gasteiger partial charge in [0, 0.05) is 38.5 Å². The molecule has 1 fully saturated rings. The number of nitrogens with zero attached hydrogens (tertiary/aromatic N) is 2. The fraction of sp³-hybridized carbons (Fsp3) is 0.368. The second-order valence-electron chi connectivity index (χ2n) is 6.69. The number of ether oxygens (including phenoxy) is 1. The lowest BCUT2D eigenvalue weighted by atomic mass is 10.2. The van der Waals surface area contributed by atoms with E-state index in [0.717, 1.165) is 25.0 Å². The number of hydrogen-bond donors (Lipinski definition) is 1. The second-order valence-corrected chi connectivity index (χ2v) is 7.47. The Morgan fingerprint density at radius 3 is 3.04 bits per heavy atom. The van der Waals surface area contributed by atoms with Gasteiger partial charge in [-0.3, -0.25) is 4.57 Å². The summed E-state index contributed by atoms with van der Waals surface area (Å²) in [4.78, 5) is 26.3. The van der Waals surface area contributed by atoms with Gasteiger partial charge in [-0.1, -0.05) is 0 Å². The zero-order valence-electron chi connectivity index (χ0n) is 15.0. The summed E-state index contributed by atoms with van der Waals surface area (Å²) >= 11 is 1.61. The molecule has 0 aliphatic carbocycles. The number of benzene rings is 1. The van der Waals surface area contributed by atoms with E-state index in [2.05, 4.69) is 5.32 Å². The van der Waals surface area contributed by atoms with Crippen LogP contribution >= 0.6 is 11.3 Å². The maximum Gasteiger partial charge on any atom is 0.419 e. The van der Waals surface area contributed by atoms with Crippen molar-refractivity contribution >= 4 is 34.2 Å². The van der Waals surface area contributed by atoms with Gasteiger partial charge in [-0.25, -0.2) is 9.59 Å². The van der Waals surface area contributed by atoms with E-state index >= 15 is 0 Å². The number of nitrogens with one attached hydrogen (secondary N) is 1. The first-order chi connectivity index (χ1) is 13.1. The predicted octanol–water partition coefficient (Wildman–Crippen LogP) is 3.41. The Hall–Kier alpha value is -2.58. The van der Waals surface area contributed by atoms with Gasteiger partial charge in [0.2, 0.25) is 0 Å². The number of thiophene rings is 1. The van der Waals surface area contributed by atoms with Gasteiger partial charge in [-0.2, -0.15) is 11.3 Å². The average Bonchev–Trinajstić information content (AvgIpc) is 3.38. The molecule has 4 rings (SSSR count). The van der Waals surface area contributed by atoms with Crippen LogP contribution in [-0.2, 0) is 18.3 Å². The first kappa shape index (κ1) is 17.8. The summed E-state index contributed by atoms with van der Waals surface area (Å²) in [6.07, 6.45) is 2.07. The van der Waals surface area contributed by atoms with Crippen LogP contribution in [-0.4, -0.2) is 34.8 Å². The maximum absolute atomic E-state index is 12.9. The number of anilines is 1. The summed E-state index contributed by atoms with van der Waals surface area (Å²) in [6.45, 7) is 1.82. The zero-order chi connectivity index (χ0) is 18.8. The highest BCUT2D eigenvalue weighted by atomic mass is 32.1. The standard InChI is InChI=1S/C19H21N3O4S/c1-21-16-5-4-14(9-17(16)26-19(21)24)20-18(23)22(10-13-6-8-27-12-13)11-15-3-2-7-25-15/h4-6,8-9,12,15H,2-3,7,10-11H2,1H3,(H,20,23)/t15-/m0/s1. The van der Waals surface area contributed by atoms with Gasteiger partial charge in [0.25, 0.3) is 0 Å². The van der Waals surface area contributed by atoms with E-state index in [9.17, 15) is 9.59 Å². The predicted molar refractivity (Wildman–Crippen MR) is 104 cm³/mol. The molecule has 0 radical (unpaired) electrons. The van der Waals surface area contributed by atoms with Crippen LogP contribution < -0.4 is 11.1 Å².